The number of carbonyl (C=O) groups excluding carboxylic acids is 2. The zero-order valence-electron chi connectivity index (χ0n) is 13.9. The van der Waals surface area contributed by atoms with E-state index in [4.69, 9.17) is 0 Å². The van der Waals surface area contributed by atoms with Crippen LogP contribution in [0.15, 0.2) is 48.5 Å². The Morgan fingerprint density at radius 1 is 1.12 bits per heavy atom. The highest BCUT2D eigenvalue weighted by Crippen LogP contribution is 2.28. The van der Waals surface area contributed by atoms with Gasteiger partial charge in [-0.25, -0.2) is 0 Å². The number of rotatable bonds is 5. The number of hydrogen-bond acceptors (Lipinski definition) is 2. The van der Waals surface area contributed by atoms with E-state index in [0.29, 0.717) is 18.7 Å². The summed E-state index contributed by atoms with van der Waals surface area (Å²) < 4.78 is 0. The number of benzene rings is 2. The third-order valence-electron chi connectivity index (χ3n) is 4.39. The average Bonchev–Trinajstić information content (AvgIpc) is 3.03. The molecule has 1 heterocycles. The second-order valence-electron chi connectivity index (χ2n) is 6.11. The first kappa shape index (κ1) is 16.2. The molecule has 0 spiro atoms. The molecule has 1 N–H and O–H groups in total. The van der Waals surface area contributed by atoms with Gasteiger partial charge in [0, 0.05) is 31.3 Å². The molecule has 0 saturated heterocycles. The van der Waals surface area contributed by atoms with Gasteiger partial charge in [0.15, 0.2) is 0 Å². The van der Waals surface area contributed by atoms with Crippen molar-refractivity contribution in [1.82, 2.24) is 5.32 Å². The highest BCUT2D eigenvalue weighted by Gasteiger charge is 2.22. The van der Waals surface area contributed by atoms with Gasteiger partial charge in [-0.05, 0) is 48.6 Å². The molecule has 4 heteroatoms. The van der Waals surface area contributed by atoms with Crippen LogP contribution in [0.2, 0.25) is 0 Å². The molecule has 2 aromatic rings. The van der Waals surface area contributed by atoms with Crippen LogP contribution in [0.5, 0.6) is 0 Å². The Morgan fingerprint density at radius 2 is 1.92 bits per heavy atom. The summed E-state index contributed by atoms with van der Waals surface area (Å²) in [6.07, 6.45) is 2.68. The molecular weight excluding hydrogens is 300 g/mol. The number of hydrogen-bond donors (Lipinski definition) is 1. The Labute approximate surface area is 142 Å². The van der Waals surface area contributed by atoms with Crippen molar-refractivity contribution in [2.45, 2.75) is 26.2 Å². The molecule has 0 saturated carbocycles. The second-order valence-corrected chi connectivity index (χ2v) is 6.11. The highest BCUT2D eigenvalue weighted by molar-refractivity contribution is 5.97. The third kappa shape index (κ3) is 3.65. The van der Waals surface area contributed by atoms with Crippen LogP contribution >= 0.6 is 0 Å². The number of nitrogens with one attached hydrogen (secondary N) is 1. The number of aryl methyl sites for hydroxylation is 1. The largest absolute Gasteiger partial charge is 0.352 e. The van der Waals surface area contributed by atoms with Gasteiger partial charge in [-0.3, -0.25) is 9.59 Å². The molecule has 1 aliphatic heterocycles. The van der Waals surface area contributed by atoms with E-state index in [-0.39, 0.29) is 11.8 Å². The Hall–Kier alpha value is -2.62. The SMILES string of the molecule is CC(=O)N1CCc2cc(C(=O)NCCCc3ccccc3)ccc21. The summed E-state index contributed by atoms with van der Waals surface area (Å²) in [5.41, 5.74) is 3.96. The minimum Gasteiger partial charge on any atom is -0.352 e. The summed E-state index contributed by atoms with van der Waals surface area (Å²) in [5, 5.41) is 2.97. The molecule has 4 nitrogen and oxygen atoms in total. The fourth-order valence-electron chi connectivity index (χ4n) is 3.11. The van der Waals surface area contributed by atoms with Gasteiger partial charge in [0.05, 0.1) is 0 Å². The van der Waals surface area contributed by atoms with Gasteiger partial charge in [0.1, 0.15) is 0 Å². The van der Waals surface area contributed by atoms with E-state index in [1.165, 1.54) is 5.56 Å². The van der Waals surface area contributed by atoms with Gasteiger partial charge in [-0.15, -0.1) is 0 Å². The van der Waals surface area contributed by atoms with Crippen LogP contribution in [0.25, 0.3) is 0 Å². The maximum atomic E-state index is 12.3. The molecule has 0 unspecified atom stereocenters. The molecule has 0 bridgehead atoms. The number of carbonyl (C=O) groups is 2. The zero-order chi connectivity index (χ0) is 16.9. The maximum Gasteiger partial charge on any atom is 0.251 e. The molecule has 0 fully saturated rings. The lowest BCUT2D eigenvalue weighted by Crippen LogP contribution is -2.26. The first-order valence-electron chi connectivity index (χ1n) is 8.38. The molecule has 24 heavy (non-hydrogen) atoms. The number of amides is 2. The van der Waals surface area contributed by atoms with Crippen LogP contribution in [0.4, 0.5) is 5.69 Å². The molecule has 2 amide bonds. The van der Waals surface area contributed by atoms with Crippen molar-refractivity contribution in [3.63, 3.8) is 0 Å². The molecule has 0 aromatic heterocycles. The van der Waals surface area contributed by atoms with Gasteiger partial charge < -0.3 is 10.2 Å². The first-order valence-corrected chi connectivity index (χ1v) is 8.38. The number of fused-ring (bicyclic) bond motifs is 1. The Balaban J connectivity index is 1.53. The van der Waals surface area contributed by atoms with E-state index in [9.17, 15) is 9.59 Å². The summed E-state index contributed by atoms with van der Waals surface area (Å²) in [5.74, 6) is -0.000926. The van der Waals surface area contributed by atoms with E-state index in [1.807, 2.05) is 30.3 Å². The predicted molar refractivity (Wildman–Crippen MR) is 95.3 cm³/mol. The van der Waals surface area contributed by atoms with Gasteiger partial charge in [0.25, 0.3) is 5.91 Å². The van der Waals surface area contributed by atoms with E-state index in [1.54, 1.807) is 17.9 Å². The summed E-state index contributed by atoms with van der Waals surface area (Å²) in [6.45, 7) is 2.93. The predicted octanol–water partition coefficient (Wildman–Crippen LogP) is 2.96. The molecule has 1 aliphatic rings. The van der Waals surface area contributed by atoms with Crippen molar-refractivity contribution in [3.05, 3.63) is 65.2 Å². The standard InChI is InChI=1S/C20H22N2O2/c1-15(23)22-13-11-17-14-18(9-10-19(17)22)20(24)21-12-5-8-16-6-3-2-4-7-16/h2-4,6-7,9-10,14H,5,8,11-13H2,1H3,(H,21,24). The van der Waals surface area contributed by atoms with Gasteiger partial charge in [0.2, 0.25) is 5.91 Å². The lowest BCUT2D eigenvalue weighted by atomic mass is 10.1. The normalized spacial score (nSPS) is 12.8. The van der Waals surface area contributed by atoms with Gasteiger partial charge >= 0.3 is 0 Å². The molecule has 0 aliphatic carbocycles. The van der Waals surface area contributed by atoms with Crippen LogP contribution in [-0.2, 0) is 17.6 Å². The van der Waals surface area contributed by atoms with Crippen molar-refractivity contribution in [2.75, 3.05) is 18.0 Å². The van der Waals surface area contributed by atoms with E-state index in [2.05, 4.69) is 17.4 Å². The lowest BCUT2D eigenvalue weighted by molar-refractivity contribution is -0.116. The van der Waals surface area contributed by atoms with Crippen molar-refractivity contribution < 1.29 is 9.59 Å². The highest BCUT2D eigenvalue weighted by atomic mass is 16.2. The third-order valence-corrected chi connectivity index (χ3v) is 4.39. The quantitative estimate of drug-likeness (QED) is 0.861. The molecular formula is C20H22N2O2. The second kappa shape index (κ2) is 7.30. The van der Waals surface area contributed by atoms with Crippen molar-refractivity contribution >= 4 is 17.5 Å². The van der Waals surface area contributed by atoms with E-state index >= 15 is 0 Å². The van der Waals surface area contributed by atoms with Gasteiger partial charge in [-0.2, -0.15) is 0 Å². The monoisotopic (exact) mass is 322 g/mol. The summed E-state index contributed by atoms with van der Waals surface area (Å²) >= 11 is 0. The average molecular weight is 322 g/mol. The van der Waals surface area contributed by atoms with Crippen LogP contribution in [-0.4, -0.2) is 24.9 Å². The molecule has 0 radical (unpaired) electrons. The summed E-state index contributed by atoms with van der Waals surface area (Å²) in [6, 6.07) is 15.9. The lowest BCUT2D eigenvalue weighted by Gasteiger charge is -2.14. The van der Waals surface area contributed by atoms with Crippen LogP contribution < -0.4 is 10.2 Å². The minimum atomic E-state index is -0.0489. The zero-order valence-corrected chi connectivity index (χ0v) is 13.9. The molecule has 124 valence electrons. The number of anilines is 1. The summed E-state index contributed by atoms with van der Waals surface area (Å²) in [4.78, 5) is 25.6. The van der Waals surface area contributed by atoms with Crippen molar-refractivity contribution in [2.24, 2.45) is 0 Å². The number of nitrogens with zero attached hydrogens (tertiary/aromatic N) is 1. The molecule has 3 rings (SSSR count). The Kier molecular flexibility index (Phi) is 4.94. The minimum absolute atomic E-state index is 0.0480. The summed E-state index contributed by atoms with van der Waals surface area (Å²) in [7, 11) is 0. The Bertz CT molecular complexity index is 741. The molecule has 0 atom stereocenters. The van der Waals surface area contributed by atoms with Crippen molar-refractivity contribution in [1.29, 1.82) is 0 Å². The first-order chi connectivity index (χ1) is 11.6. The van der Waals surface area contributed by atoms with Crippen LogP contribution in [0, 0.1) is 0 Å². The van der Waals surface area contributed by atoms with E-state index < -0.39 is 0 Å². The fourth-order valence-corrected chi connectivity index (χ4v) is 3.11. The van der Waals surface area contributed by atoms with Crippen molar-refractivity contribution in [3.8, 4) is 0 Å². The maximum absolute atomic E-state index is 12.3. The smallest absolute Gasteiger partial charge is 0.251 e. The van der Waals surface area contributed by atoms with Crippen LogP contribution in [0.1, 0.15) is 34.8 Å². The fraction of sp³-hybridized carbons (Fsp3) is 0.300. The van der Waals surface area contributed by atoms with E-state index in [0.717, 1.165) is 30.5 Å². The topological polar surface area (TPSA) is 49.4 Å². The molecule has 2 aromatic carbocycles. The van der Waals surface area contributed by atoms with Crippen LogP contribution in [0.3, 0.4) is 0 Å². The Morgan fingerprint density at radius 3 is 2.67 bits per heavy atom. The van der Waals surface area contributed by atoms with Gasteiger partial charge in [-0.1, -0.05) is 30.3 Å².